The van der Waals surface area contributed by atoms with Gasteiger partial charge in [0.1, 0.15) is 0 Å². The van der Waals surface area contributed by atoms with E-state index < -0.39 is 10.0 Å². The molecule has 7 heteroatoms. The van der Waals surface area contributed by atoms with E-state index in [1.807, 2.05) is 6.92 Å². The molecule has 1 saturated carbocycles. The second-order valence-corrected chi connectivity index (χ2v) is 8.73. The van der Waals surface area contributed by atoms with Crippen LogP contribution >= 0.6 is 0 Å². The minimum absolute atomic E-state index is 0.124. The van der Waals surface area contributed by atoms with Crippen molar-refractivity contribution in [1.29, 1.82) is 0 Å². The van der Waals surface area contributed by atoms with Crippen LogP contribution in [-0.2, 0) is 10.0 Å². The van der Waals surface area contributed by atoms with E-state index in [-0.39, 0.29) is 16.8 Å². The Balaban J connectivity index is 1.76. The Morgan fingerprint density at radius 3 is 2.71 bits per heavy atom. The normalized spacial score (nSPS) is 24.3. The van der Waals surface area contributed by atoms with E-state index in [0.29, 0.717) is 37.0 Å². The number of hydrogen-bond acceptors (Lipinski definition) is 4. The minimum Gasteiger partial charge on any atom is -0.336 e. The Kier molecular flexibility index (Phi) is 4.94. The number of amides is 1. The first-order valence-corrected chi connectivity index (χ1v) is 10.00. The summed E-state index contributed by atoms with van der Waals surface area (Å²) in [6.45, 7) is 3.67. The standard InChI is InChI=1S/C17H25N3O3S/c1-12-7-14(9-18)11-20(12)17(21)15-3-2-4-16(8-15)24(22,23)19-10-13-5-6-13/h2-4,8,12-14,19H,5-7,9-11,18H2,1H3. The van der Waals surface area contributed by atoms with Gasteiger partial charge in [0.05, 0.1) is 4.90 Å². The lowest BCUT2D eigenvalue weighted by Crippen LogP contribution is -2.34. The number of benzene rings is 1. The van der Waals surface area contributed by atoms with Crippen LogP contribution in [0.2, 0.25) is 0 Å². The number of rotatable bonds is 6. The molecule has 1 amide bonds. The van der Waals surface area contributed by atoms with Crippen molar-refractivity contribution in [1.82, 2.24) is 9.62 Å². The number of hydrogen-bond donors (Lipinski definition) is 2. The Bertz CT molecular complexity index is 716. The topological polar surface area (TPSA) is 92.5 Å². The first kappa shape index (κ1) is 17.4. The fraction of sp³-hybridized carbons (Fsp3) is 0.588. The molecule has 0 aromatic heterocycles. The van der Waals surface area contributed by atoms with Crippen molar-refractivity contribution < 1.29 is 13.2 Å². The van der Waals surface area contributed by atoms with Crippen LogP contribution in [0.1, 0.15) is 36.5 Å². The molecule has 6 nitrogen and oxygen atoms in total. The van der Waals surface area contributed by atoms with Gasteiger partial charge in [0, 0.05) is 24.7 Å². The molecule has 1 aromatic carbocycles. The van der Waals surface area contributed by atoms with Crippen LogP contribution in [-0.4, -0.2) is 44.9 Å². The maximum absolute atomic E-state index is 12.7. The molecule has 1 heterocycles. The minimum atomic E-state index is -3.56. The third-order valence-corrected chi connectivity index (χ3v) is 6.33. The molecule has 1 saturated heterocycles. The van der Waals surface area contributed by atoms with Gasteiger partial charge in [-0.05, 0) is 62.8 Å². The smallest absolute Gasteiger partial charge is 0.254 e. The van der Waals surface area contributed by atoms with Crippen LogP contribution < -0.4 is 10.5 Å². The summed E-state index contributed by atoms with van der Waals surface area (Å²) in [5, 5.41) is 0. The summed E-state index contributed by atoms with van der Waals surface area (Å²) in [4.78, 5) is 14.7. The first-order chi connectivity index (χ1) is 11.4. The highest BCUT2D eigenvalue weighted by atomic mass is 32.2. The first-order valence-electron chi connectivity index (χ1n) is 8.51. The van der Waals surface area contributed by atoms with Gasteiger partial charge in [-0.15, -0.1) is 0 Å². The van der Waals surface area contributed by atoms with Gasteiger partial charge in [0.25, 0.3) is 5.91 Å². The highest BCUT2D eigenvalue weighted by molar-refractivity contribution is 7.89. The SMILES string of the molecule is CC1CC(CN)CN1C(=O)c1cccc(S(=O)(=O)NCC2CC2)c1. The Morgan fingerprint density at radius 2 is 2.08 bits per heavy atom. The van der Waals surface area contributed by atoms with Crippen molar-refractivity contribution in [2.24, 2.45) is 17.6 Å². The number of nitrogens with one attached hydrogen (secondary N) is 1. The van der Waals surface area contributed by atoms with Crippen LogP contribution in [0, 0.1) is 11.8 Å². The van der Waals surface area contributed by atoms with Gasteiger partial charge >= 0.3 is 0 Å². The highest BCUT2D eigenvalue weighted by Crippen LogP contribution is 2.28. The maximum atomic E-state index is 12.7. The molecular formula is C17H25N3O3S. The molecule has 2 fully saturated rings. The Morgan fingerprint density at radius 1 is 1.33 bits per heavy atom. The van der Waals surface area contributed by atoms with E-state index in [9.17, 15) is 13.2 Å². The zero-order valence-corrected chi connectivity index (χ0v) is 14.8. The summed E-state index contributed by atoms with van der Waals surface area (Å²) in [6, 6.07) is 6.42. The van der Waals surface area contributed by atoms with E-state index in [1.165, 1.54) is 12.1 Å². The molecule has 24 heavy (non-hydrogen) atoms. The average Bonchev–Trinajstić information content (AvgIpc) is 3.34. The van der Waals surface area contributed by atoms with Crippen molar-refractivity contribution >= 4 is 15.9 Å². The van der Waals surface area contributed by atoms with Crippen molar-refractivity contribution in [2.75, 3.05) is 19.6 Å². The summed E-state index contributed by atoms with van der Waals surface area (Å²) in [6.07, 6.45) is 3.05. The van der Waals surface area contributed by atoms with Crippen molar-refractivity contribution in [3.05, 3.63) is 29.8 Å². The summed E-state index contributed by atoms with van der Waals surface area (Å²) in [5.41, 5.74) is 6.13. The number of nitrogens with two attached hydrogens (primary N) is 1. The average molecular weight is 351 g/mol. The van der Waals surface area contributed by atoms with Crippen molar-refractivity contribution in [3.8, 4) is 0 Å². The van der Waals surface area contributed by atoms with Crippen LogP contribution in [0.15, 0.2) is 29.2 Å². The van der Waals surface area contributed by atoms with Gasteiger partial charge < -0.3 is 10.6 Å². The van der Waals surface area contributed by atoms with Crippen LogP contribution in [0.25, 0.3) is 0 Å². The molecule has 2 unspecified atom stereocenters. The molecule has 3 rings (SSSR count). The lowest BCUT2D eigenvalue weighted by atomic mass is 10.1. The highest BCUT2D eigenvalue weighted by Gasteiger charge is 2.32. The quantitative estimate of drug-likeness (QED) is 0.805. The fourth-order valence-electron chi connectivity index (χ4n) is 3.19. The van der Waals surface area contributed by atoms with E-state index in [1.54, 1.807) is 17.0 Å². The second kappa shape index (κ2) is 6.82. The molecule has 2 aliphatic rings. The van der Waals surface area contributed by atoms with E-state index in [2.05, 4.69) is 4.72 Å². The van der Waals surface area contributed by atoms with Crippen LogP contribution in [0.3, 0.4) is 0 Å². The monoisotopic (exact) mass is 351 g/mol. The van der Waals surface area contributed by atoms with Crippen molar-refractivity contribution in [3.63, 3.8) is 0 Å². The fourth-order valence-corrected chi connectivity index (χ4v) is 4.35. The number of carbonyl (C=O) groups is 1. The largest absolute Gasteiger partial charge is 0.336 e. The second-order valence-electron chi connectivity index (χ2n) is 6.97. The van der Waals surface area contributed by atoms with Crippen LogP contribution in [0.4, 0.5) is 0 Å². The predicted octanol–water partition coefficient (Wildman–Crippen LogP) is 1.18. The summed E-state index contributed by atoms with van der Waals surface area (Å²) < 4.78 is 27.4. The van der Waals surface area contributed by atoms with Crippen molar-refractivity contribution in [2.45, 2.75) is 37.1 Å². The molecule has 1 aromatic rings. The molecule has 1 aliphatic carbocycles. The number of sulfonamides is 1. The third kappa shape index (κ3) is 3.79. The van der Waals surface area contributed by atoms with Gasteiger partial charge in [0.2, 0.25) is 10.0 Å². The van der Waals surface area contributed by atoms with E-state index >= 15 is 0 Å². The molecular weight excluding hydrogens is 326 g/mol. The molecule has 3 N–H and O–H groups in total. The Hall–Kier alpha value is -1.44. The lowest BCUT2D eigenvalue weighted by Gasteiger charge is -2.22. The molecule has 0 spiro atoms. The molecule has 0 radical (unpaired) electrons. The summed E-state index contributed by atoms with van der Waals surface area (Å²) in [5.74, 6) is 0.650. The van der Waals surface area contributed by atoms with E-state index in [4.69, 9.17) is 5.73 Å². The van der Waals surface area contributed by atoms with Gasteiger partial charge in [-0.3, -0.25) is 4.79 Å². The number of likely N-dealkylation sites (tertiary alicyclic amines) is 1. The van der Waals surface area contributed by atoms with Gasteiger partial charge in [-0.1, -0.05) is 6.07 Å². The van der Waals surface area contributed by atoms with Gasteiger partial charge in [-0.25, -0.2) is 13.1 Å². The molecule has 2 atom stereocenters. The lowest BCUT2D eigenvalue weighted by molar-refractivity contribution is 0.0743. The third-order valence-electron chi connectivity index (χ3n) is 4.91. The molecule has 1 aliphatic heterocycles. The Labute approximate surface area is 143 Å². The number of carbonyl (C=O) groups excluding carboxylic acids is 1. The van der Waals surface area contributed by atoms with Crippen LogP contribution in [0.5, 0.6) is 0 Å². The summed E-state index contributed by atoms with van der Waals surface area (Å²) >= 11 is 0. The van der Waals surface area contributed by atoms with E-state index in [0.717, 1.165) is 19.3 Å². The predicted molar refractivity (Wildman–Crippen MR) is 92.0 cm³/mol. The number of nitrogens with zero attached hydrogens (tertiary/aromatic N) is 1. The van der Waals surface area contributed by atoms with Gasteiger partial charge in [-0.2, -0.15) is 0 Å². The molecule has 132 valence electrons. The zero-order chi connectivity index (χ0) is 17.3. The summed E-state index contributed by atoms with van der Waals surface area (Å²) in [7, 11) is -3.56. The zero-order valence-electron chi connectivity index (χ0n) is 13.9. The maximum Gasteiger partial charge on any atom is 0.254 e. The van der Waals surface area contributed by atoms with Gasteiger partial charge in [0.15, 0.2) is 0 Å². The molecule has 0 bridgehead atoms.